The van der Waals surface area contributed by atoms with E-state index in [0.717, 1.165) is 24.3 Å². The zero-order chi connectivity index (χ0) is 21.7. The molecule has 10 heteroatoms. The molecule has 0 bridgehead atoms. The number of anilines is 1. The Morgan fingerprint density at radius 3 is 2.40 bits per heavy atom. The van der Waals surface area contributed by atoms with Gasteiger partial charge in [0.2, 0.25) is 11.8 Å². The van der Waals surface area contributed by atoms with Crippen molar-refractivity contribution in [3.05, 3.63) is 24.3 Å². The molecular formula is C20H28N4O4S2. The summed E-state index contributed by atoms with van der Waals surface area (Å²) in [5.41, 5.74) is 1.96. The fourth-order valence-electron chi connectivity index (χ4n) is 3.65. The molecule has 3 rings (SSSR count). The first kappa shape index (κ1) is 22.6. The molecule has 1 atom stereocenters. The molecule has 8 nitrogen and oxygen atoms in total. The summed E-state index contributed by atoms with van der Waals surface area (Å²) in [6.07, 6.45) is 0.501. The van der Waals surface area contributed by atoms with Crippen LogP contribution in [0, 0.1) is 0 Å². The number of rotatable bonds is 9. The predicted molar refractivity (Wildman–Crippen MR) is 118 cm³/mol. The Labute approximate surface area is 181 Å². The van der Waals surface area contributed by atoms with Crippen molar-refractivity contribution in [3.8, 4) is 11.5 Å². The van der Waals surface area contributed by atoms with Crippen LogP contribution in [-0.4, -0.2) is 72.4 Å². The number of aromatic nitrogens is 2. The molecule has 1 amide bonds. The normalized spacial score (nSPS) is 17.8. The summed E-state index contributed by atoms with van der Waals surface area (Å²) in [6.45, 7) is 8.45. The van der Waals surface area contributed by atoms with Gasteiger partial charge in [0, 0.05) is 36.9 Å². The first-order chi connectivity index (χ1) is 14.4. The maximum absolute atomic E-state index is 12.6. The Kier molecular flexibility index (Phi) is 7.41. The smallest absolute Gasteiger partial charge is 0.277 e. The molecule has 30 heavy (non-hydrogen) atoms. The summed E-state index contributed by atoms with van der Waals surface area (Å²) in [5, 5.41) is 8.44. The Balaban J connectivity index is 1.59. The van der Waals surface area contributed by atoms with E-state index in [2.05, 4.69) is 28.9 Å². The fraction of sp³-hybridized carbons (Fsp3) is 0.550. The molecule has 0 radical (unpaired) electrons. The van der Waals surface area contributed by atoms with Crippen molar-refractivity contribution in [3.63, 3.8) is 0 Å². The summed E-state index contributed by atoms with van der Waals surface area (Å²) in [4.78, 5) is 16.5. The van der Waals surface area contributed by atoms with E-state index in [-0.39, 0.29) is 29.2 Å². The van der Waals surface area contributed by atoms with Gasteiger partial charge in [0.1, 0.15) is 0 Å². The summed E-state index contributed by atoms with van der Waals surface area (Å²) in [6, 6.07) is 7.70. The topological polar surface area (TPSA) is 96.6 Å². The molecule has 0 aliphatic carbocycles. The van der Waals surface area contributed by atoms with Gasteiger partial charge in [-0.3, -0.25) is 4.79 Å². The molecule has 1 aliphatic heterocycles. The number of hydrogen-bond acceptors (Lipinski definition) is 8. The summed E-state index contributed by atoms with van der Waals surface area (Å²) < 4.78 is 29.1. The van der Waals surface area contributed by atoms with E-state index >= 15 is 0 Å². The van der Waals surface area contributed by atoms with Crippen LogP contribution in [-0.2, 0) is 14.6 Å². The lowest BCUT2D eigenvalue weighted by molar-refractivity contribution is -0.129. The molecule has 2 heterocycles. The van der Waals surface area contributed by atoms with E-state index in [1.165, 1.54) is 11.8 Å². The van der Waals surface area contributed by atoms with Crippen LogP contribution < -0.4 is 4.90 Å². The maximum Gasteiger partial charge on any atom is 0.277 e. The second-order valence-electron chi connectivity index (χ2n) is 7.12. The van der Waals surface area contributed by atoms with E-state index in [4.69, 9.17) is 4.42 Å². The second kappa shape index (κ2) is 9.82. The fourth-order valence-corrected chi connectivity index (χ4v) is 6.03. The lowest BCUT2D eigenvalue weighted by Gasteiger charge is -2.26. The molecule has 0 N–H and O–H groups in total. The van der Waals surface area contributed by atoms with Crippen LogP contribution in [0.15, 0.2) is 33.9 Å². The van der Waals surface area contributed by atoms with Crippen LogP contribution in [0.5, 0.6) is 0 Å². The number of benzene rings is 1. The SMILES string of the molecule is CCN(CC)c1ccc(-c2nnc(SCC(=O)N(CC)[C@H]3CCS(=O)(=O)C3)o2)cc1. The molecule has 164 valence electrons. The summed E-state index contributed by atoms with van der Waals surface area (Å²) in [5.74, 6) is 0.616. The molecule has 1 aliphatic rings. The van der Waals surface area contributed by atoms with E-state index in [1.807, 2.05) is 31.2 Å². The lowest BCUT2D eigenvalue weighted by atomic mass is 10.2. The molecule has 1 aromatic carbocycles. The summed E-state index contributed by atoms with van der Waals surface area (Å²) in [7, 11) is -3.04. The molecule has 0 unspecified atom stereocenters. The van der Waals surface area contributed by atoms with Gasteiger partial charge < -0.3 is 14.2 Å². The van der Waals surface area contributed by atoms with Crippen molar-refractivity contribution in [1.29, 1.82) is 0 Å². The van der Waals surface area contributed by atoms with Crippen LogP contribution >= 0.6 is 11.8 Å². The number of thioether (sulfide) groups is 1. The van der Waals surface area contributed by atoms with Crippen molar-refractivity contribution in [2.75, 3.05) is 41.8 Å². The number of carbonyl (C=O) groups excluding carboxylic acids is 1. The lowest BCUT2D eigenvalue weighted by Crippen LogP contribution is -2.41. The highest BCUT2D eigenvalue weighted by Crippen LogP contribution is 2.26. The average molecular weight is 453 g/mol. The third-order valence-electron chi connectivity index (χ3n) is 5.28. The van der Waals surface area contributed by atoms with Crippen LogP contribution in [0.3, 0.4) is 0 Å². The van der Waals surface area contributed by atoms with Crippen molar-refractivity contribution in [2.45, 2.75) is 38.5 Å². The highest BCUT2D eigenvalue weighted by molar-refractivity contribution is 7.99. The van der Waals surface area contributed by atoms with E-state index in [0.29, 0.717) is 24.1 Å². The van der Waals surface area contributed by atoms with Gasteiger partial charge in [0.25, 0.3) is 5.22 Å². The Bertz CT molecular complexity index is 955. The van der Waals surface area contributed by atoms with Crippen molar-refractivity contribution in [1.82, 2.24) is 15.1 Å². The van der Waals surface area contributed by atoms with Gasteiger partial charge in [-0.25, -0.2) is 8.42 Å². The Hall–Kier alpha value is -2.07. The van der Waals surface area contributed by atoms with E-state index in [9.17, 15) is 13.2 Å². The number of sulfone groups is 1. The van der Waals surface area contributed by atoms with Gasteiger partial charge in [-0.2, -0.15) is 0 Å². The first-order valence-electron chi connectivity index (χ1n) is 10.2. The van der Waals surface area contributed by atoms with Gasteiger partial charge in [-0.15, -0.1) is 10.2 Å². The van der Waals surface area contributed by atoms with Gasteiger partial charge >= 0.3 is 0 Å². The van der Waals surface area contributed by atoms with Gasteiger partial charge in [0.15, 0.2) is 9.84 Å². The Morgan fingerprint density at radius 2 is 1.83 bits per heavy atom. The van der Waals surface area contributed by atoms with Crippen LogP contribution in [0.1, 0.15) is 27.2 Å². The zero-order valence-electron chi connectivity index (χ0n) is 17.6. The highest BCUT2D eigenvalue weighted by Gasteiger charge is 2.33. The van der Waals surface area contributed by atoms with Crippen LogP contribution in [0.2, 0.25) is 0 Å². The standard InChI is InChI=1S/C20H28N4O4S2/c1-4-23(5-2)16-9-7-15(8-10-16)19-21-22-20(28-19)29-13-18(25)24(6-3)17-11-12-30(26,27)14-17/h7-10,17H,4-6,11-14H2,1-3H3/t17-/m0/s1. The largest absolute Gasteiger partial charge is 0.411 e. The number of amides is 1. The molecule has 2 aromatic rings. The molecule has 1 fully saturated rings. The number of nitrogens with zero attached hydrogens (tertiary/aromatic N) is 4. The average Bonchev–Trinajstić information content (AvgIpc) is 3.35. The maximum atomic E-state index is 12.6. The molecule has 1 saturated heterocycles. The van der Waals surface area contributed by atoms with E-state index in [1.54, 1.807) is 4.90 Å². The van der Waals surface area contributed by atoms with Crippen LogP contribution in [0.4, 0.5) is 5.69 Å². The highest BCUT2D eigenvalue weighted by atomic mass is 32.2. The summed E-state index contributed by atoms with van der Waals surface area (Å²) >= 11 is 1.17. The third kappa shape index (κ3) is 5.34. The van der Waals surface area contributed by atoms with Gasteiger partial charge in [0.05, 0.1) is 17.3 Å². The molecule has 0 spiro atoms. The van der Waals surface area contributed by atoms with Crippen molar-refractivity contribution >= 4 is 33.2 Å². The quantitative estimate of drug-likeness (QED) is 0.536. The minimum Gasteiger partial charge on any atom is -0.411 e. The zero-order valence-corrected chi connectivity index (χ0v) is 19.2. The number of hydrogen-bond donors (Lipinski definition) is 0. The Morgan fingerprint density at radius 1 is 1.13 bits per heavy atom. The second-order valence-corrected chi connectivity index (χ2v) is 10.3. The monoisotopic (exact) mass is 452 g/mol. The van der Waals surface area contributed by atoms with Crippen molar-refractivity contribution < 1.29 is 17.6 Å². The van der Waals surface area contributed by atoms with Crippen LogP contribution in [0.25, 0.3) is 11.5 Å². The molecule has 1 aromatic heterocycles. The molecule has 0 saturated carbocycles. The van der Waals surface area contributed by atoms with Crippen molar-refractivity contribution in [2.24, 2.45) is 0 Å². The van der Waals surface area contributed by atoms with Gasteiger partial charge in [-0.05, 0) is 51.5 Å². The third-order valence-corrected chi connectivity index (χ3v) is 7.83. The predicted octanol–water partition coefficient (Wildman–Crippen LogP) is 2.71. The number of carbonyl (C=O) groups is 1. The van der Waals surface area contributed by atoms with E-state index < -0.39 is 9.84 Å². The minimum absolute atomic E-state index is 0.0471. The minimum atomic E-state index is -3.04. The molecular weight excluding hydrogens is 424 g/mol. The van der Waals surface area contributed by atoms with Gasteiger partial charge in [-0.1, -0.05) is 11.8 Å². The first-order valence-corrected chi connectivity index (χ1v) is 13.0.